The van der Waals surface area contributed by atoms with Gasteiger partial charge in [0.05, 0.1) is 16.7 Å². The van der Waals surface area contributed by atoms with Gasteiger partial charge in [-0.3, -0.25) is 0 Å². The number of benzene rings is 2. The number of halogens is 1. The zero-order valence-corrected chi connectivity index (χ0v) is 14.0. The molecule has 128 valence electrons. The van der Waals surface area contributed by atoms with Crippen LogP contribution in [0, 0.1) is 0 Å². The minimum Gasteiger partial charge on any atom is -0.491 e. The third kappa shape index (κ3) is 3.08. The summed E-state index contributed by atoms with van der Waals surface area (Å²) in [5.41, 5.74) is 2.61. The Balaban J connectivity index is 1.62. The van der Waals surface area contributed by atoms with E-state index in [0.29, 0.717) is 22.5 Å². The molecule has 0 unspecified atom stereocenters. The van der Waals surface area contributed by atoms with E-state index in [1.807, 2.05) is 24.3 Å². The number of aromatic nitrogens is 1. The van der Waals surface area contributed by atoms with E-state index >= 15 is 0 Å². The normalized spacial score (nSPS) is 16.6. The molecule has 0 amide bonds. The fraction of sp³-hybridized carbons (Fsp3) is 0.211. The summed E-state index contributed by atoms with van der Waals surface area (Å²) in [6, 6.07) is 11.1. The van der Waals surface area contributed by atoms with Crippen molar-refractivity contribution in [2.45, 2.75) is 12.5 Å². The minimum atomic E-state index is -0.971. The van der Waals surface area contributed by atoms with Crippen LogP contribution >= 0.6 is 11.6 Å². The molecule has 1 fully saturated rings. The second-order valence-electron chi connectivity index (χ2n) is 6.00. The number of hydrogen-bond acceptors (Lipinski definition) is 3. The van der Waals surface area contributed by atoms with Crippen LogP contribution < -0.4 is 4.74 Å². The highest BCUT2D eigenvalue weighted by Gasteiger charge is 2.18. The average Bonchev–Trinajstić information content (AvgIpc) is 2.96. The van der Waals surface area contributed by atoms with Crippen molar-refractivity contribution in [2.24, 2.45) is 0 Å². The number of rotatable bonds is 5. The Kier molecular flexibility index (Phi) is 4.11. The number of aromatic amines is 1. The van der Waals surface area contributed by atoms with E-state index in [2.05, 4.69) is 4.98 Å². The predicted octanol–water partition coefficient (Wildman–Crippen LogP) is 4.35. The molecule has 2 aromatic carbocycles. The Hall–Kier alpha value is -2.50. The van der Waals surface area contributed by atoms with Gasteiger partial charge in [-0.1, -0.05) is 23.7 Å². The molecule has 1 atom stereocenters. The highest BCUT2D eigenvalue weighted by molar-refractivity contribution is 6.34. The largest absolute Gasteiger partial charge is 0.491 e. The van der Waals surface area contributed by atoms with Crippen LogP contribution in [0.15, 0.2) is 42.6 Å². The predicted molar refractivity (Wildman–Crippen MR) is 95.6 cm³/mol. The summed E-state index contributed by atoms with van der Waals surface area (Å²) >= 11 is 6.38. The monoisotopic (exact) mass is 357 g/mol. The van der Waals surface area contributed by atoms with E-state index in [4.69, 9.17) is 21.1 Å². The first kappa shape index (κ1) is 16.0. The minimum absolute atomic E-state index is 0.194. The number of carbonyl (C=O) groups is 1. The maximum Gasteiger partial charge on any atom is 0.337 e. The number of carboxylic acids is 1. The van der Waals surface area contributed by atoms with Crippen molar-refractivity contribution >= 4 is 28.5 Å². The molecule has 0 saturated carbocycles. The van der Waals surface area contributed by atoms with E-state index < -0.39 is 5.97 Å². The van der Waals surface area contributed by atoms with Gasteiger partial charge in [0.15, 0.2) is 0 Å². The Morgan fingerprint density at radius 3 is 2.72 bits per heavy atom. The van der Waals surface area contributed by atoms with Crippen LogP contribution in [0.3, 0.4) is 0 Å². The van der Waals surface area contributed by atoms with E-state index in [-0.39, 0.29) is 11.7 Å². The zero-order valence-electron chi connectivity index (χ0n) is 13.3. The molecule has 3 aromatic rings. The lowest BCUT2D eigenvalue weighted by atomic mass is 10.0. The molecule has 1 aromatic heterocycles. The molecule has 0 radical (unpaired) electrons. The van der Waals surface area contributed by atoms with E-state index in [1.165, 1.54) is 6.20 Å². The van der Waals surface area contributed by atoms with Gasteiger partial charge in [-0.2, -0.15) is 0 Å². The van der Waals surface area contributed by atoms with Crippen molar-refractivity contribution in [3.05, 3.63) is 53.2 Å². The fourth-order valence-corrected chi connectivity index (χ4v) is 3.15. The molecule has 6 heteroatoms. The zero-order chi connectivity index (χ0) is 17.4. The molecule has 25 heavy (non-hydrogen) atoms. The molecule has 5 nitrogen and oxygen atoms in total. The van der Waals surface area contributed by atoms with E-state index in [1.54, 1.807) is 12.1 Å². The van der Waals surface area contributed by atoms with E-state index in [9.17, 15) is 9.90 Å². The number of carboxylic acid groups (broad SMARTS) is 1. The molecule has 4 rings (SSSR count). The molecule has 1 aliphatic rings. The summed E-state index contributed by atoms with van der Waals surface area (Å²) in [5.74, 6) is -0.203. The molecular formula is C19H16ClNO4. The van der Waals surface area contributed by atoms with Gasteiger partial charge in [-0.25, -0.2) is 4.79 Å². The van der Waals surface area contributed by atoms with E-state index in [0.717, 1.165) is 29.9 Å². The van der Waals surface area contributed by atoms with Gasteiger partial charge in [0.25, 0.3) is 0 Å². The molecule has 0 spiro atoms. The third-order valence-corrected chi connectivity index (χ3v) is 4.71. The fourth-order valence-electron chi connectivity index (χ4n) is 2.88. The lowest BCUT2D eigenvalue weighted by molar-refractivity contribution is -0.0720. The molecule has 1 aliphatic heterocycles. The van der Waals surface area contributed by atoms with Gasteiger partial charge in [0.1, 0.15) is 12.4 Å². The van der Waals surface area contributed by atoms with Crippen LogP contribution in [0.5, 0.6) is 5.75 Å². The summed E-state index contributed by atoms with van der Waals surface area (Å²) in [6.45, 7) is 1.36. The van der Waals surface area contributed by atoms with Gasteiger partial charge in [0.2, 0.25) is 0 Å². The topological polar surface area (TPSA) is 71.5 Å². The van der Waals surface area contributed by atoms with Crippen LogP contribution in [0.2, 0.25) is 5.02 Å². The smallest absolute Gasteiger partial charge is 0.337 e. The van der Waals surface area contributed by atoms with Crippen molar-refractivity contribution in [1.29, 1.82) is 0 Å². The second-order valence-corrected chi connectivity index (χ2v) is 6.41. The van der Waals surface area contributed by atoms with Crippen molar-refractivity contribution in [2.75, 3.05) is 13.2 Å². The quantitative estimate of drug-likeness (QED) is 0.712. The van der Waals surface area contributed by atoms with Crippen LogP contribution in [0.4, 0.5) is 0 Å². The molecule has 1 saturated heterocycles. The standard InChI is InChI=1S/C19H16ClNO4/c20-17-8-18-15(16(9-21-18)19(22)23)7-14(17)11-1-3-12(4-2-11)25-10-13-5-6-24-13/h1-4,7-9,13,21H,5-6,10H2,(H,22,23)/t13-/m0/s1. The van der Waals surface area contributed by atoms with Gasteiger partial charge in [0, 0.05) is 35.7 Å². The van der Waals surface area contributed by atoms with Crippen LogP contribution in [0.1, 0.15) is 16.8 Å². The number of H-pyrrole nitrogens is 1. The number of aromatic carboxylic acids is 1. The lowest BCUT2D eigenvalue weighted by Crippen LogP contribution is -2.32. The Morgan fingerprint density at radius 2 is 2.08 bits per heavy atom. The van der Waals surface area contributed by atoms with Gasteiger partial charge in [-0.15, -0.1) is 0 Å². The number of nitrogens with one attached hydrogen (secondary N) is 1. The average molecular weight is 358 g/mol. The lowest BCUT2D eigenvalue weighted by Gasteiger charge is -2.26. The first-order valence-corrected chi connectivity index (χ1v) is 8.38. The van der Waals surface area contributed by atoms with Crippen molar-refractivity contribution in [3.63, 3.8) is 0 Å². The van der Waals surface area contributed by atoms with Crippen molar-refractivity contribution < 1.29 is 19.4 Å². The maximum absolute atomic E-state index is 11.3. The Bertz CT molecular complexity index is 928. The Morgan fingerprint density at radius 1 is 1.32 bits per heavy atom. The second kappa shape index (κ2) is 6.43. The number of hydrogen-bond donors (Lipinski definition) is 2. The summed E-state index contributed by atoms with van der Waals surface area (Å²) < 4.78 is 11.0. The summed E-state index contributed by atoms with van der Waals surface area (Å²) in [4.78, 5) is 14.3. The van der Waals surface area contributed by atoms with Crippen LogP contribution in [-0.4, -0.2) is 35.4 Å². The first-order valence-electron chi connectivity index (χ1n) is 8.00. The van der Waals surface area contributed by atoms with Gasteiger partial charge >= 0.3 is 5.97 Å². The first-order chi connectivity index (χ1) is 12.1. The van der Waals surface area contributed by atoms with Crippen LogP contribution in [-0.2, 0) is 4.74 Å². The highest BCUT2D eigenvalue weighted by atomic mass is 35.5. The SMILES string of the molecule is O=C(O)c1c[nH]c2cc(Cl)c(-c3ccc(OC[C@@H]4CCO4)cc3)cc12. The molecule has 0 aliphatic carbocycles. The van der Waals surface area contributed by atoms with Gasteiger partial charge < -0.3 is 19.6 Å². The molecule has 2 heterocycles. The highest BCUT2D eigenvalue weighted by Crippen LogP contribution is 2.34. The molecular weight excluding hydrogens is 342 g/mol. The number of fused-ring (bicyclic) bond motifs is 1. The maximum atomic E-state index is 11.3. The Labute approximate surface area is 149 Å². The summed E-state index contributed by atoms with van der Waals surface area (Å²) in [5, 5.41) is 10.5. The van der Waals surface area contributed by atoms with Gasteiger partial charge in [-0.05, 0) is 29.8 Å². The summed E-state index contributed by atoms with van der Waals surface area (Å²) in [6.07, 6.45) is 2.71. The third-order valence-electron chi connectivity index (χ3n) is 4.39. The number of ether oxygens (including phenoxy) is 2. The van der Waals surface area contributed by atoms with Crippen LogP contribution in [0.25, 0.3) is 22.0 Å². The van der Waals surface area contributed by atoms with Crippen molar-refractivity contribution in [1.82, 2.24) is 4.98 Å². The summed E-state index contributed by atoms with van der Waals surface area (Å²) in [7, 11) is 0. The molecule has 0 bridgehead atoms. The molecule has 2 N–H and O–H groups in total. The van der Waals surface area contributed by atoms with Crippen molar-refractivity contribution in [3.8, 4) is 16.9 Å².